The van der Waals surface area contributed by atoms with Crippen molar-refractivity contribution in [2.45, 2.75) is 25.8 Å². The van der Waals surface area contributed by atoms with Gasteiger partial charge in [-0.2, -0.15) is 0 Å². The second-order valence-corrected chi connectivity index (χ2v) is 5.65. The standard InChI is InChI=1S/C17H21ClN2O/c1-12-3-5-13(6-4-12)9-16(20-19)11-14-10-15(18)7-8-17(14)21-2/h3-8,10,16,20H,9,11,19H2,1-2H3. The molecule has 0 aliphatic heterocycles. The van der Waals surface area contributed by atoms with E-state index in [1.165, 1.54) is 11.1 Å². The molecule has 0 aliphatic carbocycles. The molecule has 0 amide bonds. The summed E-state index contributed by atoms with van der Waals surface area (Å²) < 4.78 is 5.38. The third kappa shape index (κ3) is 4.46. The minimum absolute atomic E-state index is 0.125. The van der Waals surface area contributed by atoms with Crippen molar-refractivity contribution in [1.82, 2.24) is 5.43 Å². The zero-order valence-corrected chi connectivity index (χ0v) is 13.2. The number of nitrogens with two attached hydrogens (primary N) is 1. The van der Waals surface area contributed by atoms with Crippen LogP contribution in [0.25, 0.3) is 0 Å². The molecule has 3 nitrogen and oxygen atoms in total. The number of rotatable bonds is 6. The van der Waals surface area contributed by atoms with E-state index in [0.29, 0.717) is 5.02 Å². The van der Waals surface area contributed by atoms with Gasteiger partial charge in [0.05, 0.1) is 7.11 Å². The smallest absolute Gasteiger partial charge is 0.122 e. The highest BCUT2D eigenvalue weighted by atomic mass is 35.5. The molecule has 0 saturated carbocycles. The molecule has 0 heterocycles. The Balaban J connectivity index is 2.11. The molecule has 4 heteroatoms. The first kappa shape index (κ1) is 15.8. The molecule has 0 aromatic heterocycles. The van der Waals surface area contributed by atoms with Crippen molar-refractivity contribution >= 4 is 11.6 Å². The Hall–Kier alpha value is -1.55. The van der Waals surface area contributed by atoms with E-state index in [9.17, 15) is 0 Å². The number of benzene rings is 2. The molecule has 0 spiro atoms. The van der Waals surface area contributed by atoms with Gasteiger partial charge in [-0.15, -0.1) is 0 Å². The van der Waals surface area contributed by atoms with Crippen molar-refractivity contribution in [3.63, 3.8) is 0 Å². The molecule has 0 fully saturated rings. The summed E-state index contributed by atoms with van der Waals surface area (Å²) in [5, 5.41) is 0.705. The summed E-state index contributed by atoms with van der Waals surface area (Å²) in [7, 11) is 1.66. The monoisotopic (exact) mass is 304 g/mol. The van der Waals surface area contributed by atoms with Gasteiger partial charge in [-0.1, -0.05) is 41.4 Å². The summed E-state index contributed by atoms with van der Waals surface area (Å²) in [5.74, 6) is 6.54. The van der Waals surface area contributed by atoms with Crippen LogP contribution in [0.3, 0.4) is 0 Å². The summed E-state index contributed by atoms with van der Waals surface area (Å²) >= 11 is 6.07. The molecule has 3 N–H and O–H groups in total. The molecule has 0 radical (unpaired) electrons. The van der Waals surface area contributed by atoms with Gasteiger partial charge in [0.2, 0.25) is 0 Å². The first-order valence-electron chi connectivity index (χ1n) is 6.96. The predicted molar refractivity (Wildman–Crippen MR) is 87.7 cm³/mol. The van der Waals surface area contributed by atoms with Crippen LogP contribution in [0.1, 0.15) is 16.7 Å². The Kier molecular flexibility index (Phi) is 5.62. The molecule has 21 heavy (non-hydrogen) atoms. The van der Waals surface area contributed by atoms with Crippen LogP contribution in [0, 0.1) is 6.92 Å². The minimum atomic E-state index is 0.125. The van der Waals surface area contributed by atoms with E-state index in [0.717, 1.165) is 24.2 Å². The largest absolute Gasteiger partial charge is 0.496 e. The van der Waals surface area contributed by atoms with Gasteiger partial charge in [0.15, 0.2) is 0 Å². The van der Waals surface area contributed by atoms with Crippen LogP contribution < -0.4 is 16.0 Å². The summed E-state index contributed by atoms with van der Waals surface area (Å²) in [6, 6.07) is 14.3. The van der Waals surface area contributed by atoms with Crippen molar-refractivity contribution in [1.29, 1.82) is 0 Å². The molecule has 0 saturated heterocycles. The normalized spacial score (nSPS) is 12.2. The number of nitrogens with one attached hydrogen (secondary N) is 1. The number of hydrogen-bond acceptors (Lipinski definition) is 3. The third-order valence-corrected chi connectivity index (χ3v) is 3.78. The van der Waals surface area contributed by atoms with E-state index in [-0.39, 0.29) is 6.04 Å². The Morgan fingerprint density at radius 1 is 1.14 bits per heavy atom. The summed E-state index contributed by atoms with van der Waals surface area (Å²) in [4.78, 5) is 0. The fourth-order valence-electron chi connectivity index (χ4n) is 2.37. The molecular weight excluding hydrogens is 284 g/mol. The zero-order valence-electron chi connectivity index (χ0n) is 12.4. The second-order valence-electron chi connectivity index (χ2n) is 5.21. The van der Waals surface area contributed by atoms with Crippen LogP contribution in [0.5, 0.6) is 5.75 Å². The quantitative estimate of drug-likeness (QED) is 0.636. The van der Waals surface area contributed by atoms with Crippen LogP contribution in [-0.2, 0) is 12.8 Å². The van der Waals surface area contributed by atoms with Gasteiger partial charge in [0.25, 0.3) is 0 Å². The van der Waals surface area contributed by atoms with Crippen molar-refractivity contribution in [2.24, 2.45) is 5.84 Å². The molecule has 2 rings (SSSR count). The maximum absolute atomic E-state index is 6.07. The first-order valence-corrected chi connectivity index (χ1v) is 7.34. The highest BCUT2D eigenvalue weighted by Crippen LogP contribution is 2.24. The van der Waals surface area contributed by atoms with Crippen LogP contribution in [-0.4, -0.2) is 13.2 Å². The van der Waals surface area contributed by atoms with E-state index in [4.69, 9.17) is 22.2 Å². The number of hydrogen-bond donors (Lipinski definition) is 2. The van der Waals surface area contributed by atoms with Crippen molar-refractivity contribution < 1.29 is 4.74 Å². The first-order chi connectivity index (χ1) is 10.1. The average Bonchev–Trinajstić information content (AvgIpc) is 2.49. The van der Waals surface area contributed by atoms with E-state index >= 15 is 0 Å². The molecule has 2 aromatic carbocycles. The summed E-state index contributed by atoms with van der Waals surface area (Å²) in [6.45, 7) is 2.08. The summed E-state index contributed by atoms with van der Waals surface area (Å²) in [6.07, 6.45) is 1.61. The Morgan fingerprint density at radius 3 is 2.48 bits per heavy atom. The number of aryl methyl sites for hydroxylation is 1. The fourth-order valence-corrected chi connectivity index (χ4v) is 2.57. The lowest BCUT2D eigenvalue weighted by molar-refractivity contribution is 0.404. The lowest BCUT2D eigenvalue weighted by Crippen LogP contribution is -2.38. The van der Waals surface area contributed by atoms with E-state index in [2.05, 4.69) is 36.6 Å². The summed E-state index contributed by atoms with van der Waals surface area (Å²) in [5.41, 5.74) is 6.45. The van der Waals surface area contributed by atoms with E-state index < -0.39 is 0 Å². The highest BCUT2D eigenvalue weighted by Gasteiger charge is 2.13. The fraction of sp³-hybridized carbons (Fsp3) is 0.294. The Bertz CT molecular complexity index is 584. The van der Waals surface area contributed by atoms with Gasteiger partial charge < -0.3 is 4.74 Å². The third-order valence-electron chi connectivity index (χ3n) is 3.55. The van der Waals surface area contributed by atoms with E-state index in [1.54, 1.807) is 7.11 Å². The van der Waals surface area contributed by atoms with Crippen LogP contribution >= 0.6 is 11.6 Å². The highest BCUT2D eigenvalue weighted by molar-refractivity contribution is 6.30. The van der Waals surface area contributed by atoms with Gasteiger partial charge in [-0.25, -0.2) is 0 Å². The minimum Gasteiger partial charge on any atom is -0.496 e. The molecule has 1 atom stereocenters. The van der Waals surface area contributed by atoms with Gasteiger partial charge in [-0.05, 0) is 49.1 Å². The second kappa shape index (κ2) is 7.46. The molecule has 1 unspecified atom stereocenters. The zero-order chi connectivity index (χ0) is 15.2. The van der Waals surface area contributed by atoms with Crippen LogP contribution in [0.4, 0.5) is 0 Å². The van der Waals surface area contributed by atoms with Crippen LogP contribution in [0.15, 0.2) is 42.5 Å². The number of ether oxygens (including phenoxy) is 1. The van der Waals surface area contributed by atoms with Gasteiger partial charge >= 0.3 is 0 Å². The maximum Gasteiger partial charge on any atom is 0.122 e. The Morgan fingerprint density at radius 2 is 1.86 bits per heavy atom. The number of hydrazine groups is 1. The average molecular weight is 305 g/mol. The van der Waals surface area contributed by atoms with Gasteiger partial charge in [0.1, 0.15) is 5.75 Å². The molecular formula is C17H21ClN2O. The SMILES string of the molecule is COc1ccc(Cl)cc1CC(Cc1ccc(C)cc1)NN. The number of methoxy groups -OCH3 is 1. The van der Waals surface area contributed by atoms with Gasteiger partial charge in [0, 0.05) is 11.1 Å². The lowest BCUT2D eigenvalue weighted by Gasteiger charge is -2.18. The van der Waals surface area contributed by atoms with Gasteiger partial charge in [-0.3, -0.25) is 11.3 Å². The lowest BCUT2D eigenvalue weighted by atomic mass is 9.98. The van der Waals surface area contributed by atoms with Crippen LogP contribution in [0.2, 0.25) is 5.02 Å². The Labute approximate surface area is 131 Å². The molecule has 112 valence electrons. The molecule has 0 bridgehead atoms. The molecule has 0 aliphatic rings. The number of halogens is 1. The van der Waals surface area contributed by atoms with Crippen molar-refractivity contribution in [3.05, 3.63) is 64.2 Å². The predicted octanol–water partition coefficient (Wildman–Crippen LogP) is 3.27. The van der Waals surface area contributed by atoms with Crippen molar-refractivity contribution in [3.8, 4) is 5.75 Å². The molecule has 2 aromatic rings. The topological polar surface area (TPSA) is 47.3 Å². The van der Waals surface area contributed by atoms with Crippen molar-refractivity contribution in [2.75, 3.05) is 7.11 Å². The maximum atomic E-state index is 6.07. The van der Waals surface area contributed by atoms with E-state index in [1.807, 2.05) is 18.2 Å².